The van der Waals surface area contributed by atoms with Crippen molar-refractivity contribution >= 4 is 11.9 Å². The van der Waals surface area contributed by atoms with Crippen LogP contribution in [0.3, 0.4) is 0 Å². The van der Waals surface area contributed by atoms with Crippen LogP contribution in [-0.4, -0.2) is 51.6 Å². The van der Waals surface area contributed by atoms with Crippen LogP contribution in [0, 0.1) is 0 Å². The molecule has 2 aromatic rings. The third-order valence-corrected chi connectivity index (χ3v) is 4.26. The van der Waals surface area contributed by atoms with Gasteiger partial charge in [0.15, 0.2) is 17.2 Å². The van der Waals surface area contributed by atoms with E-state index in [2.05, 4.69) is 9.97 Å². The molecule has 0 fully saturated rings. The minimum absolute atomic E-state index is 0.124. The molecular formula is C19H21N3O5. The highest BCUT2D eigenvalue weighted by Gasteiger charge is 2.25. The van der Waals surface area contributed by atoms with Crippen LogP contribution in [-0.2, 0) is 13.0 Å². The summed E-state index contributed by atoms with van der Waals surface area (Å²) >= 11 is 0. The molecule has 1 aromatic carbocycles. The number of carboxylic acid groups (broad SMARTS) is 1. The average molecular weight is 371 g/mol. The van der Waals surface area contributed by atoms with Gasteiger partial charge >= 0.3 is 5.97 Å². The first kappa shape index (κ1) is 18.6. The first-order valence-electron chi connectivity index (χ1n) is 8.79. The lowest BCUT2D eigenvalue weighted by atomic mass is 9.98. The first-order chi connectivity index (χ1) is 13.0. The van der Waals surface area contributed by atoms with Gasteiger partial charge in [-0.1, -0.05) is 0 Å². The standard InChI is InChI=1S/C19H21N3O5/c1-3-26-16-7-12-5-6-22(11-13(12)8-17(16)27-4-2)18(23)14-9-21-15(10-20-14)19(24)25/h7-10H,3-6,11H2,1-2H3,(H,24,25). The summed E-state index contributed by atoms with van der Waals surface area (Å²) in [6.07, 6.45) is 2.98. The van der Waals surface area contributed by atoms with Gasteiger partial charge < -0.3 is 19.5 Å². The first-order valence-corrected chi connectivity index (χ1v) is 8.79. The largest absolute Gasteiger partial charge is 0.490 e. The minimum Gasteiger partial charge on any atom is -0.490 e. The van der Waals surface area contributed by atoms with Crippen molar-refractivity contribution in [3.8, 4) is 11.5 Å². The van der Waals surface area contributed by atoms with Crippen LogP contribution in [0.4, 0.5) is 0 Å². The zero-order chi connectivity index (χ0) is 19.4. The monoisotopic (exact) mass is 371 g/mol. The predicted octanol–water partition coefficient (Wildman–Crippen LogP) is 2.17. The van der Waals surface area contributed by atoms with Crippen molar-refractivity contribution in [3.05, 3.63) is 47.0 Å². The molecule has 0 saturated carbocycles. The van der Waals surface area contributed by atoms with E-state index >= 15 is 0 Å². The number of amides is 1. The van der Waals surface area contributed by atoms with Crippen LogP contribution < -0.4 is 9.47 Å². The predicted molar refractivity (Wildman–Crippen MR) is 96.2 cm³/mol. The molecule has 0 aliphatic carbocycles. The highest BCUT2D eigenvalue weighted by Crippen LogP contribution is 2.34. The maximum absolute atomic E-state index is 12.7. The van der Waals surface area contributed by atoms with Gasteiger partial charge in [-0.3, -0.25) is 4.79 Å². The van der Waals surface area contributed by atoms with Crippen LogP contribution in [0.15, 0.2) is 24.5 Å². The maximum Gasteiger partial charge on any atom is 0.356 e. The van der Waals surface area contributed by atoms with Gasteiger partial charge in [0.05, 0.1) is 25.6 Å². The minimum atomic E-state index is -1.18. The number of aromatic nitrogens is 2. The maximum atomic E-state index is 12.7. The van der Waals surface area contributed by atoms with E-state index in [9.17, 15) is 9.59 Å². The number of nitrogens with zero attached hydrogens (tertiary/aromatic N) is 3. The Bertz CT molecular complexity index is 851. The Balaban J connectivity index is 1.81. The van der Waals surface area contributed by atoms with Gasteiger partial charge in [0, 0.05) is 13.1 Å². The molecule has 0 unspecified atom stereocenters. The second kappa shape index (κ2) is 8.03. The number of carbonyl (C=O) groups is 2. The molecule has 8 heteroatoms. The summed E-state index contributed by atoms with van der Waals surface area (Å²) in [5, 5.41) is 8.88. The molecule has 142 valence electrons. The Labute approximate surface area is 156 Å². The van der Waals surface area contributed by atoms with Gasteiger partial charge in [-0.2, -0.15) is 0 Å². The van der Waals surface area contributed by atoms with E-state index in [1.165, 1.54) is 6.20 Å². The zero-order valence-electron chi connectivity index (χ0n) is 15.3. The molecule has 8 nitrogen and oxygen atoms in total. The molecule has 1 aliphatic heterocycles. The number of aromatic carboxylic acids is 1. The molecule has 1 aromatic heterocycles. The Hall–Kier alpha value is -3.16. The second-order valence-electron chi connectivity index (χ2n) is 6.00. The summed E-state index contributed by atoms with van der Waals surface area (Å²) in [5.74, 6) is -0.0788. The van der Waals surface area contributed by atoms with Crippen molar-refractivity contribution in [2.45, 2.75) is 26.8 Å². The number of hydrogen-bond acceptors (Lipinski definition) is 6. The highest BCUT2D eigenvalue weighted by atomic mass is 16.5. The molecule has 1 amide bonds. The van der Waals surface area contributed by atoms with E-state index in [1.807, 2.05) is 26.0 Å². The number of fused-ring (bicyclic) bond motifs is 1. The van der Waals surface area contributed by atoms with Crippen molar-refractivity contribution in [2.24, 2.45) is 0 Å². The van der Waals surface area contributed by atoms with Crippen LogP contribution in [0.2, 0.25) is 0 Å². The molecule has 1 aliphatic rings. The molecule has 0 radical (unpaired) electrons. The summed E-state index contributed by atoms with van der Waals surface area (Å²) < 4.78 is 11.3. The van der Waals surface area contributed by atoms with Crippen LogP contribution in [0.5, 0.6) is 11.5 Å². The highest BCUT2D eigenvalue weighted by molar-refractivity contribution is 5.93. The summed E-state index contributed by atoms with van der Waals surface area (Å²) in [5.41, 5.74) is 2.05. The number of ether oxygens (including phenoxy) is 2. The number of rotatable bonds is 6. The molecule has 2 heterocycles. The average Bonchev–Trinajstić information content (AvgIpc) is 2.68. The topological polar surface area (TPSA) is 102 Å². The third kappa shape index (κ3) is 3.99. The second-order valence-corrected chi connectivity index (χ2v) is 6.00. The zero-order valence-corrected chi connectivity index (χ0v) is 15.3. The number of benzene rings is 1. The molecule has 3 rings (SSSR count). The molecule has 0 saturated heterocycles. The fourth-order valence-electron chi connectivity index (χ4n) is 2.99. The van der Waals surface area contributed by atoms with Crippen LogP contribution >= 0.6 is 0 Å². The summed E-state index contributed by atoms with van der Waals surface area (Å²) in [6, 6.07) is 3.90. The Morgan fingerprint density at radius 1 is 1.04 bits per heavy atom. The Morgan fingerprint density at radius 3 is 2.19 bits per heavy atom. The van der Waals surface area contributed by atoms with Gasteiger partial charge in [-0.25, -0.2) is 14.8 Å². The lowest BCUT2D eigenvalue weighted by Crippen LogP contribution is -2.36. The number of carbonyl (C=O) groups excluding carboxylic acids is 1. The molecule has 0 bridgehead atoms. The van der Waals surface area contributed by atoms with Gasteiger partial charge in [-0.15, -0.1) is 0 Å². The van der Waals surface area contributed by atoms with E-state index in [-0.39, 0.29) is 17.3 Å². The SMILES string of the molecule is CCOc1cc2c(cc1OCC)CN(C(=O)c1cnc(C(=O)O)cn1)CC2. The summed E-state index contributed by atoms with van der Waals surface area (Å²) in [4.78, 5) is 32.9. The Morgan fingerprint density at radius 2 is 1.63 bits per heavy atom. The van der Waals surface area contributed by atoms with E-state index in [0.29, 0.717) is 44.2 Å². The molecule has 1 N–H and O–H groups in total. The number of carboxylic acids is 1. The van der Waals surface area contributed by atoms with E-state index in [4.69, 9.17) is 14.6 Å². The van der Waals surface area contributed by atoms with E-state index in [1.54, 1.807) is 4.90 Å². The summed E-state index contributed by atoms with van der Waals surface area (Å²) in [7, 11) is 0. The van der Waals surface area contributed by atoms with Gasteiger partial charge in [-0.05, 0) is 43.5 Å². The van der Waals surface area contributed by atoms with Crippen molar-refractivity contribution in [2.75, 3.05) is 19.8 Å². The lowest BCUT2D eigenvalue weighted by molar-refractivity contribution is 0.0683. The molecule has 0 atom stereocenters. The van der Waals surface area contributed by atoms with Crippen molar-refractivity contribution in [3.63, 3.8) is 0 Å². The van der Waals surface area contributed by atoms with Gasteiger partial charge in [0.25, 0.3) is 5.91 Å². The smallest absolute Gasteiger partial charge is 0.356 e. The molecular weight excluding hydrogens is 350 g/mol. The van der Waals surface area contributed by atoms with Crippen LogP contribution in [0.25, 0.3) is 0 Å². The summed E-state index contributed by atoms with van der Waals surface area (Å²) in [6.45, 7) is 5.86. The van der Waals surface area contributed by atoms with Crippen LogP contribution in [0.1, 0.15) is 46.0 Å². The van der Waals surface area contributed by atoms with Gasteiger partial charge in [0.1, 0.15) is 5.69 Å². The van der Waals surface area contributed by atoms with Crippen molar-refractivity contribution in [1.29, 1.82) is 0 Å². The van der Waals surface area contributed by atoms with Crippen molar-refractivity contribution in [1.82, 2.24) is 14.9 Å². The van der Waals surface area contributed by atoms with E-state index < -0.39 is 5.97 Å². The lowest BCUT2D eigenvalue weighted by Gasteiger charge is -2.29. The van der Waals surface area contributed by atoms with Gasteiger partial charge in [0.2, 0.25) is 0 Å². The normalized spacial score (nSPS) is 13.0. The third-order valence-electron chi connectivity index (χ3n) is 4.26. The number of hydrogen-bond donors (Lipinski definition) is 1. The molecule has 27 heavy (non-hydrogen) atoms. The quantitative estimate of drug-likeness (QED) is 0.830. The van der Waals surface area contributed by atoms with E-state index in [0.717, 1.165) is 17.3 Å². The Kier molecular flexibility index (Phi) is 5.54. The van der Waals surface area contributed by atoms with Crippen molar-refractivity contribution < 1.29 is 24.2 Å². The fraction of sp³-hybridized carbons (Fsp3) is 0.368. The molecule has 0 spiro atoms. The fourth-order valence-corrected chi connectivity index (χ4v) is 2.99.